The third kappa shape index (κ3) is 4.98. The Kier molecular flexibility index (Phi) is 6.44. The Morgan fingerprint density at radius 1 is 1.15 bits per heavy atom. The minimum atomic E-state index is -3.82. The van der Waals surface area contributed by atoms with Crippen LogP contribution in [0.15, 0.2) is 82.0 Å². The molecule has 0 aliphatic carbocycles. The molecule has 2 aromatic heterocycles. The standard InChI is InChI=1S/C23H18N4O6S/c24-12-18(22-26-19-5-1-2-6-20(19)27-22)21(28)14-33-23(29)15-7-9-17(10-8-15)34(30,31)25-13-16-4-3-11-32-16/h1-11,25,28H,13-14H2,(H,26,27). The molecule has 0 unspecified atom stereocenters. The van der Waals surface area contributed by atoms with E-state index in [9.17, 15) is 23.6 Å². The summed E-state index contributed by atoms with van der Waals surface area (Å²) in [6.07, 6.45) is 1.44. The first-order valence-electron chi connectivity index (χ1n) is 9.94. The Morgan fingerprint density at radius 2 is 1.91 bits per heavy atom. The van der Waals surface area contributed by atoms with Gasteiger partial charge in [-0.1, -0.05) is 12.1 Å². The van der Waals surface area contributed by atoms with E-state index in [1.807, 2.05) is 6.07 Å². The summed E-state index contributed by atoms with van der Waals surface area (Å²) in [5.41, 5.74) is 1.21. The van der Waals surface area contributed by atoms with Gasteiger partial charge in [0.15, 0.2) is 11.6 Å². The summed E-state index contributed by atoms with van der Waals surface area (Å²) in [6.45, 7) is -0.583. The number of ether oxygens (including phenoxy) is 1. The number of furan rings is 1. The highest BCUT2D eigenvalue weighted by Gasteiger charge is 2.18. The Bertz CT molecular complexity index is 1460. The zero-order valence-corrected chi connectivity index (χ0v) is 18.4. The molecular weight excluding hydrogens is 460 g/mol. The lowest BCUT2D eigenvalue weighted by atomic mass is 10.2. The molecule has 0 atom stereocenters. The third-order valence-corrected chi connectivity index (χ3v) is 6.20. The molecule has 0 aliphatic rings. The van der Waals surface area contributed by atoms with E-state index < -0.39 is 28.4 Å². The summed E-state index contributed by atoms with van der Waals surface area (Å²) in [5.74, 6) is -0.679. The maximum atomic E-state index is 12.4. The molecule has 2 heterocycles. The fourth-order valence-electron chi connectivity index (χ4n) is 3.05. The van der Waals surface area contributed by atoms with Crippen LogP contribution in [0, 0.1) is 11.3 Å². The highest BCUT2D eigenvalue weighted by atomic mass is 32.2. The number of imidazole rings is 1. The van der Waals surface area contributed by atoms with Crippen molar-refractivity contribution in [1.82, 2.24) is 14.7 Å². The average molecular weight is 478 g/mol. The second kappa shape index (κ2) is 9.62. The summed E-state index contributed by atoms with van der Waals surface area (Å²) in [5, 5.41) is 19.7. The average Bonchev–Trinajstić information content (AvgIpc) is 3.51. The number of nitrogens with zero attached hydrogens (tertiary/aromatic N) is 2. The molecule has 4 rings (SSSR count). The van der Waals surface area contributed by atoms with E-state index >= 15 is 0 Å². The molecule has 0 bridgehead atoms. The molecule has 172 valence electrons. The van der Waals surface area contributed by atoms with Gasteiger partial charge in [-0.05, 0) is 48.5 Å². The van der Waals surface area contributed by atoms with Gasteiger partial charge in [0.25, 0.3) is 0 Å². The number of hydrogen-bond donors (Lipinski definition) is 3. The lowest BCUT2D eigenvalue weighted by molar-refractivity contribution is 0.0502. The Labute approximate surface area is 194 Å². The minimum Gasteiger partial charge on any atom is -0.507 e. The van der Waals surface area contributed by atoms with Crippen molar-refractivity contribution in [3.8, 4) is 6.07 Å². The maximum absolute atomic E-state index is 12.4. The molecular formula is C23H18N4O6S. The summed E-state index contributed by atoms with van der Waals surface area (Å²) in [7, 11) is -3.82. The number of aromatic amines is 1. The van der Waals surface area contributed by atoms with Gasteiger partial charge in [0.05, 0.1) is 34.3 Å². The number of nitriles is 1. The maximum Gasteiger partial charge on any atom is 0.338 e. The number of sulfonamides is 1. The molecule has 0 aliphatic heterocycles. The Hall–Kier alpha value is -4.40. The summed E-state index contributed by atoms with van der Waals surface area (Å²) < 4.78 is 37.3. The predicted molar refractivity (Wildman–Crippen MR) is 121 cm³/mol. The predicted octanol–water partition coefficient (Wildman–Crippen LogP) is 3.28. The molecule has 10 nitrogen and oxygen atoms in total. The van der Waals surface area contributed by atoms with Crippen LogP contribution in [0.1, 0.15) is 21.9 Å². The Balaban J connectivity index is 1.41. The zero-order valence-electron chi connectivity index (χ0n) is 17.6. The second-order valence-corrected chi connectivity index (χ2v) is 8.81. The molecule has 3 N–H and O–H groups in total. The van der Waals surface area contributed by atoms with Crippen molar-refractivity contribution >= 4 is 32.6 Å². The van der Waals surface area contributed by atoms with Gasteiger partial charge < -0.3 is 19.2 Å². The number of carbonyl (C=O) groups is 1. The first-order valence-corrected chi connectivity index (χ1v) is 11.4. The van der Waals surface area contributed by atoms with Gasteiger partial charge in [0.1, 0.15) is 24.0 Å². The number of esters is 1. The van der Waals surface area contributed by atoms with E-state index in [0.29, 0.717) is 16.8 Å². The van der Waals surface area contributed by atoms with Crippen LogP contribution >= 0.6 is 0 Å². The summed E-state index contributed by atoms with van der Waals surface area (Å²) in [6, 6.07) is 17.3. The number of rotatable bonds is 8. The van der Waals surface area contributed by atoms with E-state index in [0.717, 1.165) is 0 Å². The molecule has 34 heavy (non-hydrogen) atoms. The number of benzene rings is 2. The zero-order chi connectivity index (χ0) is 24.1. The van der Waals surface area contributed by atoms with Crippen molar-refractivity contribution in [2.24, 2.45) is 0 Å². The van der Waals surface area contributed by atoms with Crippen molar-refractivity contribution in [2.45, 2.75) is 11.4 Å². The van der Waals surface area contributed by atoms with Gasteiger partial charge in [-0.2, -0.15) is 5.26 Å². The van der Waals surface area contributed by atoms with Crippen LogP contribution < -0.4 is 4.72 Å². The van der Waals surface area contributed by atoms with Crippen LogP contribution in [0.3, 0.4) is 0 Å². The molecule has 0 saturated carbocycles. The number of nitrogens with one attached hydrogen (secondary N) is 2. The second-order valence-electron chi connectivity index (χ2n) is 7.04. The van der Waals surface area contributed by atoms with E-state index in [1.54, 1.807) is 36.4 Å². The van der Waals surface area contributed by atoms with Crippen LogP contribution in [0.2, 0.25) is 0 Å². The molecule has 0 fully saturated rings. The number of H-pyrrole nitrogens is 1. The van der Waals surface area contributed by atoms with E-state index in [2.05, 4.69) is 14.7 Å². The molecule has 2 aromatic carbocycles. The minimum absolute atomic E-state index is 0.0167. The van der Waals surface area contributed by atoms with E-state index in [4.69, 9.17) is 9.15 Å². The Morgan fingerprint density at radius 3 is 2.59 bits per heavy atom. The summed E-state index contributed by atoms with van der Waals surface area (Å²) in [4.78, 5) is 19.5. The van der Waals surface area contributed by atoms with Gasteiger partial charge in [0.2, 0.25) is 10.0 Å². The number of para-hydroxylation sites is 2. The van der Waals surface area contributed by atoms with E-state index in [1.165, 1.54) is 30.5 Å². The number of aromatic nitrogens is 2. The first kappa shape index (κ1) is 22.8. The SMILES string of the molecule is N#CC(=C(O)COC(=O)c1ccc(S(=O)(=O)NCc2ccco2)cc1)c1nc2ccccc2[nH]1. The monoisotopic (exact) mass is 478 g/mol. The van der Waals surface area contributed by atoms with Crippen LogP contribution in [0.25, 0.3) is 16.6 Å². The lowest BCUT2D eigenvalue weighted by Crippen LogP contribution is -2.23. The fourth-order valence-corrected chi connectivity index (χ4v) is 4.04. The number of carbonyl (C=O) groups excluding carboxylic acids is 1. The summed E-state index contributed by atoms with van der Waals surface area (Å²) >= 11 is 0. The van der Waals surface area contributed by atoms with Crippen molar-refractivity contribution in [1.29, 1.82) is 5.26 Å². The molecule has 4 aromatic rings. The number of fused-ring (bicyclic) bond motifs is 1. The smallest absolute Gasteiger partial charge is 0.338 e. The van der Waals surface area contributed by atoms with E-state index in [-0.39, 0.29) is 28.4 Å². The van der Waals surface area contributed by atoms with Gasteiger partial charge in [-0.15, -0.1) is 0 Å². The topological polar surface area (TPSA) is 158 Å². The normalized spacial score (nSPS) is 12.2. The molecule has 0 amide bonds. The number of allylic oxidation sites excluding steroid dienone is 1. The van der Waals surface area contributed by atoms with Crippen LogP contribution in [-0.2, 0) is 21.3 Å². The first-order chi connectivity index (χ1) is 16.4. The molecule has 0 saturated heterocycles. The third-order valence-electron chi connectivity index (χ3n) is 4.78. The highest BCUT2D eigenvalue weighted by molar-refractivity contribution is 7.89. The van der Waals surface area contributed by atoms with Gasteiger partial charge in [0, 0.05) is 0 Å². The van der Waals surface area contributed by atoms with Crippen molar-refractivity contribution in [3.05, 3.63) is 89.8 Å². The van der Waals surface area contributed by atoms with Gasteiger partial charge in [-0.25, -0.2) is 22.9 Å². The van der Waals surface area contributed by atoms with Gasteiger partial charge >= 0.3 is 5.97 Å². The molecule has 0 radical (unpaired) electrons. The van der Waals surface area contributed by atoms with Crippen molar-refractivity contribution < 1.29 is 27.5 Å². The van der Waals surface area contributed by atoms with Crippen LogP contribution in [-0.4, -0.2) is 36.1 Å². The van der Waals surface area contributed by atoms with Crippen LogP contribution in [0.5, 0.6) is 0 Å². The lowest BCUT2D eigenvalue weighted by Gasteiger charge is -2.08. The van der Waals surface area contributed by atoms with Crippen molar-refractivity contribution in [3.63, 3.8) is 0 Å². The number of aliphatic hydroxyl groups excluding tert-OH is 1. The number of aliphatic hydroxyl groups is 1. The van der Waals surface area contributed by atoms with Crippen molar-refractivity contribution in [2.75, 3.05) is 6.61 Å². The van der Waals surface area contributed by atoms with Gasteiger partial charge in [-0.3, -0.25) is 0 Å². The molecule has 11 heteroatoms. The molecule has 0 spiro atoms. The quantitative estimate of drug-likeness (QED) is 0.198. The highest BCUT2D eigenvalue weighted by Crippen LogP contribution is 2.19. The number of hydrogen-bond acceptors (Lipinski definition) is 8. The fraction of sp³-hybridized carbons (Fsp3) is 0.0870. The van der Waals surface area contributed by atoms with Crippen LogP contribution in [0.4, 0.5) is 0 Å². The largest absolute Gasteiger partial charge is 0.507 e.